The van der Waals surface area contributed by atoms with Crippen molar-refractivity contribution in [3.63, 3.8) is 0 Å². The van der Waals surface area contributed by atoms with Crippen molar-refractivity contribution in [2.45, 2.75) is 32.6 Å². The lowest BCUT2D eigenvalue weighted by molar-refractivity contribution is 0.601. The average Bonchev–Trinajstić information content (AvgIpc) is 2.24. The summed E-state index contributed by atoms with van der Waals surface area (Å²) in [5.41, 5.74) is 3.55. The second-order valence-electron chi connectivity index (χ2n) is 3.99. The van der Waals surface area contributed by atoms with E-state index in [1.807, 2.05) is 6.07 Å². The molecule has 1 aliphatic rings. The lowest BCUT2D eigenvalue weighted by Gasteiger charge is -2.17. The van der Waals surface area contributed by atoms with Crippen LogP contribution in [-0.4, -0.2) is 0 Å². The zero-order chi connectivity index (χ0) is 10.8. The molecule has 80 valence electrons. The SMILES string of the molecule is CCCC1=CCc2c(ccc(I)c2F)C1. The Morgan fingerprint density at radius 1 is 1.40 bits per heavy atom. The molecule has 0 radical (unpaired) electrons. The second-order valence-corrected chi connectivity index (χ2v) is 5.15. The first-order valence-corrected chi connectivity index (χ1v) is 6.44. The fourth-order valence-corrected chi connectivity index (χ4v) is 2.60. The van der Waals surface area contributed by atoms with Crippen molar-refractivity contribution in [2.75, 3.05) is 0 Å². The van der Waals surface area contributed by atoms with Gasteiger partial charge < -0.3 is 0 Å². The predicted octanol–water partition coefficient (Wildman–Crippen LogP) is 4.26. The molecule has 1 aromatic carbocycles. The van der Waals surface area contributed by atoms with Crippen LogP contribution >= 0.6 is 22.6 Å². The highest BCUT2D eigenvalue weighted by atomic mass is 127. The van der Waals surface area contributed by atoms with Crippen molar-refractivity contribution in [1.82, 2.24) is 0 Å². The second kappa shape index (κ2) is 4.64. The van der Waals surface area contributed by atoms with Gasteiger partial charge in [-0.05, 0) is 59.0 Å². The highest BCUT2D eigenvalue weighted by Crippen LogP contribution is 2.27. The molecular formula is C13H14FI. The smallest absolute Gasteiger partial charge is 0.140 e. The lowest BCUT2D eigenvalue weighted by atomic mass is 9.89. The molecule has 0 spiro atoms. The summed E-state index contributed by atoms with van der Waals surface area (Å²) in [5.74, 6) is -0.0140. The van der Waals surface area contributed by atoms with Crippen molar-refractivity contribution in [3.05, 3.63) is 44.3 Å². The minimum Gasteiger partial charge on any atom is -0.206 e. The number of benzene rings is 1. The number of rotatable bonds is 2. The van der Waals surface area contributed by atoms with E-state index >= 15 is 0 Å². The summed E-state index contributed by atoms with van der Waals surface area (Å²) in [4.78, 5) is 0. The third-order valence-corrected chi connectivity index (χ3v) is 3.71. The molecule has 0 amide bonds. The number of hydrogen-bond donors (Lipinski definition) is 0. The molecule has 0 aliphatic heterocycles. The van der Waals surface area contributed by atoms with Crippen molar-refractivity contribution in [1.29, 1.82) is 0 Å². The van der Waals surface area contributed by atoms with Crippen LogP contribution in [0, 0.1) is 9.39 Å². The maximum atomic E-state index is 13.8. The maximum Gasteiger partial charge on any atom is 0.140 e. The van der Waals surface area contributed by atoms with Gasteiger partial charge in [-0.3, -0.25) is 0 Å². The van der Waals surface area contributed by atoms with Crippen LogP contribution in [0.3, 0.4) is 0 Å². The van der Waals surface area contributed by atoms with E-state index in [4.69, 9.17) is 0 Å². The molecule has 2 rings (SSSR count). The summed E-state index contributed by atoms with van der Waals surface area (Å²) in [5, 5.41) is 0. The number of allylic oxidation sites excluding steroid dienone is 2. The van der Waals surface area contributed by atoms with E-state index in [-0.39, 0.29) is 5.82 Å². The first kappa shape index (κ1) is 11.1. The molecular weight excluding hydrogens is 302 g/mol. The highest BCUT2D eigenvalue weighted by molar-refractivity contribution is 14.1. The van der Waals surface area contributed by atoms with Gasteiger partial charge in [0, 0.05) is 3.57 Å². The molecule has 0 atom stereocenters. The minimum atomic E-state index is -0.0140. The molecule has 15 heavy (non-hydrogen) atoms. The van der Waals surface area contributed by atoms with Crippen molar-refractivity contribution < 1.29 is 4.39 Å². The lowest BCUT2D eigenvalue weighted by Crippen LogP contribution is -2.06. The van der Waals surface area contributed by atoms with Gasteiger partial charge in [-0.25, -0.2) is 4.39 Å². The van der Waals surface area contributed by atoms with Gasteiger partial charge in [-0.15, -0.1) is 0 Å². The summed E-state index contributed by atoms with van der Waals surface area (Å²) >= 11 is 2.06. The van der Waals surface area contributed by atoms with E-state index in [1.54, 1.807) is 0 Å². The van der Waals surface area contributed by atoms with Gasteiger partial charge in [0.15, 0.2) is 0 Å². The van der Waals surface area contributed by atoms with Gasteiger partial charge in [0.2, 0.25) is 0 Å². The van der Waals surface area contributed by atoms with E-state index in [0.717, 1.165) is 28.4 Å². The quantitative estimate of drug-likeness (QED) is 0.565. The molecule has 0 unspecified atom stereocenters. The maximum absolute atomic E-state index is 13.8. The van der Waals surface area contributed by atoms with Crippen LogP contribution < -0.4 is 0 Å². The Balaban J connectivity index is 2.30. The Morgan fingerprint density at radius 2 is 2.20 bits per heavy atom. The standard InChI is InChI=1S/C13H14FI/c1-2-3-9-4-6-11-10(8-9)5-7-12(15)13(11)14/h4-5,7H,2-3,6,8H2,1H3. The molecule has 0 fully saturated rings. The average molecular weight is 316 g/mol. The Hall–Kier alpha value is -0.380. The summed E-state index contributed by atoms with van der Waals surface area (Å²) in [6.45, 7) is 2.19. The monoisotopic (exact) mass is 316 g/mol. The van der Waals surface area contributed by atoms with Gasteiger partial charge in [0.1, 0.15) is 5.82 Å². The van der Waals surface area contributed by atoms with Gasteiger partial charge in [-0.2, -0.15) is 0 Å². The van der Waals surface area contributed by atoms with Crippen LogP contribution in [-0.2, 0) is 12.8 Å². The minimum absolute atomic E-state index is 0.0140. The van der Waals surface area contributed by atoms with Gasteiger partial charge >= 0.3 is 0 Å². The van der Waals surface area contributed by atoms with Crippen LogP contribution in [0.15, 0.2) is 23.8 Å². The Kier molecular flexibility index (Phi) is 3.44. The fraction of sp³-hybridized carbons (Fsp3) is 0.385. The normalized spacial score (nSPS) is 14.7. The molecule has 1 aromatic rings. The number of halogens is 2. The highest BCUT2D eigenvalue weighted by Gasteiger charge is 2.15. The summed E-state index contributed by atoms with van der Waals surface area (Å²) < 4.78 is 14.5. The van der Waals surface area contributed by atoms with Crippen LogP contribution in [0.25, 0.3) is 0 Å². The zero-order valence-corrected chi connectivity index (χ0v) is 11.0. The number of fused-ring (bicyclic) bond motifs is 1. The first-order chi connectivity index (χ1) is 7.22. The van der Waals surface area contributed by atoms with Gasteiger partial charge in [0.05, 0.1) is 0 Å². The van der Waals surface area contributed by atoms with Crippen LogP contribution in [0.5, 0.6) is 0 Å². The third kappa shape index (κ3) is 2.25. The summed E-state index contributed by atoms with van der Waals surface area (Å²) in [6.07, 6.45) is 6.23. The van der Waals surface area contributed by atoms with E-state index < -0.39 is 0 Å². The molecule has 0 saturated carbocycles. The first-order valence-electron chi connectivity index (χ1n) is 5.36. The molecule has 0 nitrogen and oxygen atoms in total. The molecule has 2 heteroatoms. The van der Waals surface area contributed by atoms with Crippen LogP contribution in [0.4, 0.5) is 4.39 Å². The number of hydrogen-bond acceptors (Lipinski definition) is 0. The predicted molar refractivity (Wildman–Crippen MR) is 69.5 cm³/mol. The van der Waals surface area contributed by atoms with Gasteiger partial charge in [-0.1, -0.05) is 31.1 Å². The molecule has 1 aliphatic carbocycles. The molecule has 0 aromatic heterocycles. The molecule has 0 heterocycles. The zero-order valence-electron chi connectivity index (χ0n) is 8.82. The van der Waals surface area contributed by atoms with Crippen molar-refractivity contribution in [2.24, 2.45) is 0 Å². The van der Waals surface area contributed by atoms with E-state index in [9.17, 15) is 4.39 Å². The Labute approximate surface area is 104 Å². The van der Waals surface area contributed by atoms with E-state index in [1.165, 1.54) is 17.6 Å². The van der Waals surface area contributed by atoms with Crippen molar-refractivity contribution in [3.8, 4) is 0 Å². The third-order valence-electron chi connectivity index (χ3n) is 2.88. The van der Waals surface area contributed by atoms with E-state index in [0.29, 0.717) is 0 Å². The summed E-state index contributed by atoms with van der Waals surface area (Å²) in [7, 11) is 0. The Morgan fingerprint density at radius 3 is 2.93 bits per heavy atom. The van der Waals surface area contributed by atoms with E-state index in [2.05, 4.69) is 41.7 Å². The molecule has 0 saturated heterocycles. The summed E-state index contributed by atoms with van der Waals surface area (Å²) in [6, 6.07) is 3.95. The Bertz CT molecular complexity index is 407. The van der Waals surface area contributed by atoms with Crippen LogP contribution in [0.2, 0.25) is 0 Å². The van der Waals surface area contributed by atoms with Crippen LogP contribution in [0.1, 0.15) is 30.9 Å². The molecule has 0 bridgehead atoms. The van der Waals surface area contributed by atoms with Gasteiger partial charge in [0.25, 0.3) is 0 Å². The van der Waals surface area contributed by atoms with Crippen molar-refractivity contribution >= 4 is 22.6 Å². The molecule has 0 N–H and O–H groups in total. The largest absolute Gasteiger partial charge is 0.206 e. The fourth-order valence-electron chi connectivity index (χ4n) is 2.09. The topological polar surface area (TPSA) is 0 Å².